The molecule has 0 spiro atoms. The molecule has 0 bridgehead atoms. The summed E-state index contributed by atoms with van der Waals surface area (Å²) in [7, 11) is 0. The molecule has 7 heteroatoms. The first-order valence-corrected chi connectivity index (χ1v) is 6.26. The number of pyridine rings is 1. The highest BCUT2D eigenvalue weighted by atomic mass is 19.4. The standard InChI is InChI=1S/C12H17F3N4/c13-12(14,15)10-1-2-11(18-9-10)17-5-8-19-6-3-16-4-7-19/h1-2,9,16H,3-8H2,(H,17,18). The minimum Gasteiger partial charge on any atom is -0.369 e. The van der Waals surface area contributed by atoms with Gasteiger partial charge in [-0.3, -0.25) is 4.90 Å². The van der Waals surface area contributed by atoms with Gasteiger partial charge in [0, 0.05) is 45.5 Å². The maximum atomic E-state index is 12.3. The molecule has 2 heterocycles. The van der Waals surface area contributed by atoms with Crippen LogP contribution in [0.4, 0.5) is 19.0 Å². The Kier molecular flexibility index (Phi) is 4.60. The topological polar surface area (TPSA) is 40.2 Å². The SMILES string of the molecule is FC(F)(F)c1ccc(NCCN2CCNCC2)nc1. The summed E-state index contributed by atoms with van der Waals surface area (Å²) in [5.74, 6) is 0.475. The van der Waals surface area contributed by atoms with Crippen molar-refractivity contribution in [3.05, 3.63) is 23.9 Å². The summed E-state index contributed by atoms with van der Waals surface area (Å²) >= 11 is 0. The number of anilines is 1. The molecule has 4 nitrogen and oxygen atoms in total. The van der Waals surface area contributed by atoms with E-state index in [9.17, 15) is 13.2 Å². The Morgan fingerprint density at radius 1 is 1.26 bits per heavy atom. The number of hydrogen-bond acceptors (Lipinski definition) is 4. The van der Waals surface area contributed by atoms with Gasteiger partial charge in [0.15, 0.2) is 0 Å². The molecular weight excluding hydrogens is 257 g/mol. The molecule has 1 aromatic rings. The van der Waals surface area contributed by atoms with Crippen LogP contribution in [0, 0.1) is 0 Å². The van der Waals surface area contributed by atoms with Gasteiger partial charge in [-0.25, -0.2) is 4.98 Å². The van der Waals surface area contributed by atoms with Gasteiger partial charge >= 0.3 is 6.18 Å². The van der Waals surface area contributed by atoms with E-state index in [4.69, 9.17) is 0 Å². The van der Waals surface area contributed by atoms with Crippen LogP contribution in [0.25, 0.3) is 0 Å². The fourth-order valence-electron chi connectivity index (χ4n) is 1.94. The number of alkyl halides is 3. The molecule has 19 heavy (non-hydrogen) atoms. The molecule has 0 atom stereocenters. The summed E-state index contributed by atoms with van der Waals surface area (Å²) in [6.07, 6.45) is -3.47. The second kappa shape index (κ2) is 6.21. The van der Waals surface area contributed by atoms with Crippen LogP contribution in [0.15, 0.2) is 18.3 Å². The average molecular weight is 274 g/mol. The summed E-state index contributed by atoms with van der Waals surface area (Å²) in [6.45, 7) is 5.52. The molecule has 2 N–H and O–H groups in total. The highest BCUT2D eigenvalue weighted by Crippen LogP contribution is 2.28. The van der Waals surface area contributed by atoms with Crippen LogP contribution in [0.2, 0.25) is 0 Å². The first-order valence-electron chi connectivity index (χ1n) is 6.26. The Balaban J connectivity index is 1.76. The van der Waals surface area contributed by atoms with Crippen molar-refractivity contribution in [2.45, 2.75) is 6.18 Å². The number of nitrogens with one attached hydrogen (secondary N) is 2. The van der Waals surface area contributed by atoms with Gasteiger partial charge in [-0.1, -0.05) is 0 Å². The van der Waals surface area contributed by atoms with Gasteiger partial charge in [0.1, 0.15) is 5.82 Å². The van der Waals surface area contributed by atoms with Crippen molar-refractivity contribution >= 4 is 5.82 Å². The molecule has 0 unspecified atom stereocenters. The molecule has 2 rings (SSSR count). The van der Waals surface area contributed by atoms with Crippen LogP contribution >= 0.6 is 0 Å². The molecule has 106 valence electrons. The van der Waals surface area contributed by atoms with E-state index in [2.05, 4.69) is 20.5 Å². The highest BCUT2D eigenvalue weighted by molar-refractivity contribution is 5.36. The minimum absolute atomic E-state index is 0.475. The largest absolute Gasteiger partial charge is 0.417 e. The van der Waals surface area contributed by atoms with Crippen LogP contribution in [0.3, 0.4) is 0 Å². The average Bonchev–Trinajstić information content (AvgIpc) is 2.39. The van der Waals surface area contributed by atoms with Crippen molar-refractivity contribution in [1.29, 1.82) is 0 Å². The second-order valence-corrected chi connectivity index (χ2v) is 4.45. The molecule has 0 aliphatic carbocycles. The summed E-state index contributed by atoms with van der Waals surface area (Å²) in [6, 6.07) is 2.40. The van der Waals surface area contributed by atoms with Gasteiger partial charge in [0.25, 0.3) is 0 Å². The minimum atomic E-state index is -4.33. The van der Waals surface area contributed by atoms with E-state index in [1.807, 2.05) is 0 Å². The van der Waals surface area contributed by atoms with E-state index in [0.717, 1.165) is 45.0 Å². The van der Waals surface area contributed by atoms with Gasteiger partial charge in [-0.2, -0.15) is 13.2 Å². The van der Waals surface area contributed by atoms with Crippen molar-refractivity contribution in [2.24, 2.45) is 0 Å². The summed E-state index contributed by atoms with van der Waals surface area (Å²) in [4.78, 5) is 6.07. The third-order valence-electron chi connectivity index (χ3n) is 3.03. The summed E-state index contributed by atoms with van der Waals surface area (Å²) in [5.41, 5.74) is -0.722. The zero-order valence-electron chi connectivity index (χ0n) is 10.5. The third kappa shape index (κ3) is 4.36. The van der Waals surface area contributed by atoms with Crippen molar-refractivity contribution in [2.75, 3.05) is 44.6 Å². The van der Waals surface area contributed by atoms with Crippen LogP contribution < -0.4 is 10.6 Å². The Bertz CT molecular complexity index is 385. The molecule has 1 fully saturated rings. The van der Waals surface area contributed by atoms with Crippen molar-refractivity contribution < 1.29 is 13.2 Å². The van der Waals surface area contributed by atoms with Crippen LogP contribution in [0.5, 0.6) is 0 Å². The lowest BCUT2D eigenvalue weighted by Gasteiger charge is -2.27. The van der Waals surface area contributed by atoms with Gasteiger partial charge in [-0.15, -0.1) is 0 Å². The van der Waals surface area contributed by atoms with Crippen LogP contribution in [-0.2, 0) is 6.18 Å². The third-order valence-corrected chi connectivity index (χ3v) is 3.03. The van der Waals surface area contributed by atoms with E-state index in [-0.39, 0.29) is 0 Å². The zero-order chi connectivity index (χ0) is 13.7. The van der Waals surface area contributed by atoms with Crippen molar-refractivity contribution in [3.8, 4) is 0 Å². The lowest BCUT2D eigenvalue weighted by Crippen LogP contribution is -2.45. The summed E-state index contributed by atoms with van der Waals surface area (Å²) < 4.78 is 37.0. The number of nitrogens with zero attached hydrogens (tertiary/aromatic N) is 2. The predicted molar refractivity (Wildman–Crippen MR) is 67.0 cm³/mol. The van der Waals surface area contributed by atoms with Crippen molar-refractivity contribution in [3.63, 3.8) is 0 Å². The highest BCUT2D eigenvalue weighted by Gasteiger charge is 2.30. The predicted octanol–water partition coefficient (Wildman–Crippen LogP) is 1.42. The molecule has 1 aliphatic rings. The quantitative estimate of drug-likeness (QED) is 0.871. The number of aromatic nitrogens is 1. The van der Waals surface area contributed by atoms with Gasteiger partial charge in [0.2, 0.25) is 0 Å². The Morgan fingerprint density at radius 3 is 2.58 bits per heavy atom. The number of halogens is 3. The number of hydrogen-bond donors (Lipinski definition) is 2. The van der Waals surface area contributed by atoms with Gasteiger partial charge in [0.05, 0.1) is 5.56 Å². The van der Waals surface area contributed by atoms with E-state index < -0.39 is 11.7 Å². The Labute approximate surface area is 110 Å². The van der Waals surface area contributed by atoms with Gasteiger partial charge in [-0.05, 0) is 12.1 Å². The first-order chi connectivity index (χ1) is 9.05. The van der Waals surface area contributed by atoms with E-state index in [0.29, 0.717) is 12.4 Å². The lowest BCUT2D eigenvalue weighted by atomic mass is 10.3. The number of rotatable bonds is 4. The van der Waals surface area contributed by atoms with Gasteiger partial charge < -0.3 is 10.6 Å². The zero-order valence-corrected chi connectivity index (χ0v) is 10.5. The first kappa shape index (κ1) is 14.1. The normalized spacial score (nSPS) is 17.4. The maximum absolute atomic E-state index is 12.3. The monoisotopic (exact) mass is 274 g/mol. The molecule has 0 radical (unpaired) electrons. The van der Waals surface area contributed by atoms with E-state index in [1.165, 1.54) is 6.07 Å². The van der Waals surface area contributed by atoms with Crippen molar-refractivity contribution in [1.82, 2.24) is 15.2 Å². The maximum Gasteiger partial charge on any atom is 0.417 e. The molecule has 1 saturated heterocycles. The Morgan fingerprint density at radius 2 is 2.00 bits per heavy atom. The number of piperazine rings is 1. The molecule has 0 aromatic carbocycles. The molecule has 1 aliphatic heterocycles. The molecule has 1 aromatic heterocycles. The fourth-order valence-corrected chi connectivity index (χ4v) is 1.94. The Hall–Kier alpha value is -1.34. The smallest absolute Gasteiger partial charge is 0.369 e. The summed E-state index contributed by atoms with van der Waals surface area (Å²) in [5, 5.41) is 6.29. The van der Waals surface area contributed by atoms with E-state index in [1.54, 1.807) is 0 Å². The molecule has 0 amide bonds. The fraction of sp³-hybridized carbons (Fsp3) is 0.583. The van der Waals surface area contributed by atoms with Crippen LogP contribution in [-0.4, -0.2) is 49.2 Å². The van der Waals surface area contributed by atoms with E-state index >= 15 is 0 Å². The molecule has 0 saturated carbocycles. The van der Waals surface area contributed by atoms with Crippen LogP contribution in [0.1, 0.15) is 5.56 Å². The second-order valence-electron chi connectivity index (χ2n) is 4.45. The lowest BCUT2D eigenvalue weighted by molar-refractivity contribution is -0.137. The molecular formula is C12H17F3N4.